The monoisotopic (exact) mass is 264 g/mol. The van der Waals surface area contributed by atoms with Crippen LogP contribution in [0.2, 0.25) is 0 Å². The number of rotatable bonds is 2. The first-order valence-corrected chi connectivity index (χ1v) is 7.63. The van der Waals surface area contributed by atoms with Crippen LogP contribution in [0, 0.1) is 23.2 Å². The van der Waals surface area contributed by atoms with Gasteiger partial charge in [0.15, 0.2) is 0 Å². The molecule has 3 aliphatic carbocycles. The first-order chi connectivity index (χ1) is 8.50. The lowest BCUT2D eigenvalue weighted by atomic mass is 9.45. The Kier molecular flexibility index (Phi) is 2.73. The first kappa shape index (κ1) is 12.2. The van der Waals surface area contributed by atoms with Crippen molar-refractivity contribution >= 4 is 17.2 Å². The number of carbonyl (C=O) groups is 1. The smallest absolute Gasteiger partial charge is 0.270 e. The molecule has 0 spiro atoms. The largest absolute Gasteiger partial charge is 0.348 e. The maximum Gasteiger partial charge on any atom is 0.270 e. The maximum absolute atomic E-state index is 12.0. The summed E-state index contributed by atoms with van der Waals surface area (Å²) < 4.78 is 0. The second kappa shape index (κ2) is 4.05. The number of hydrogen-bond donors (Lipinski definition) is 1. The third-order valence-corrected chi connectivity index (χ3v) is 5.92. The van der Waals surface area contributed by atoms with E-state index < -0.39 is 0 Å². The summed E-state index contributed by atoms with van der Waals surface area (Å²) in [5.41, 5.74) is 2.74. The van der Waals surface area contributed by atoms with Crippen LogP contribution in [-0.2, 0) is 0 Å². The van der Waals surface area contributed by atoms with Gasteiger partial charge in [0.25, 0.3) is 5.91 Å². The molecule has 3 nitrogen and oxygen atoms in total. The molecular weight excluding hydrogens is 244 g/mol. The van der Waals surface area contributed by atoms with Crippen LogP contribution in [0.5, 0.6) is 0 Å². The third-order valence-electron chi connectivity index (χ3n) is 5.34. The van der Waals surface area contributed by atoms with Crippen LogP contribution < -0.4 is 5.32 Å². The Bertz CT molecular complexity index is 454. The van der Waals surface area contributed by atoms with Gasteiger partial charge in [0.05, 0.1) is 5.51 Å². The van der Waals surface area contributed by atoms with E-state index in [4.69, 9.17) is 0 Å². The van der Waals surface area contributed by atoms with E-state index in [9.17, 15) is 4.79 Å². The van der Waals surface area contributed by atoms with Crippen molar-refractivity contribution in [2.24, 2.45) is 23.2 Å². The van der Waals surface area contributed by atoms with Gasteiger partial charge in [0, 0.05) is 11.4 Å². The summed E-state index contributed by atoms with van der Waals surface area (Å²) >= 11 is 1.47. The molecule has 3 aliphatic rings. The van der Waals surface area contributed by atoms with Gasteiger partial charge in [-0.25, -0.2) is 4.98 Å². The number of aromatic nitrogens is 1. The second-order valence-corrected chi connectivity index (χ2v) is 7.13. The van der Waals surface area contributed by atoms with E-state index in [1.165, 1.54) is 17.8 Å². The van der Waals surface area contributed by atoms with Crippen LogP contribution in [0.3, 0.4) is 0 Å². The predicted molar refractivity (Wildman–Crippen MR) is 72.5 cm³/mol. The van der Waals surface area contributed by atoms with Crippen LogP contribution in [0.25, 0.3) is 0 Å². The standard InChI is InChI=1S/C14H20N2OS/c1-8-10-4-9(14(10,2)3)5-11(8)16-13(17)12-6-18-7-15-12/h6-11H,4-5H2,1-3H3,(H,16,17)/t8-,9+,10-,11-/m0/s1. The van der Waals surface area contributed by atoms with Crippen molar-refractivity contribution in [3.63, 3.8) is 0 Å². The SMILES string of the molecule is C[C@@H]1[C@@H](NC(=O)c2cscn2)C[C@H]2C[C@@H]1C2(C)C. The minimum absolute atomic E-state index is 0.00722. The van der Waals surface area contributed by atoms with E-state index in [1.807, 2.05) is 5.38 Å². The van der Waals surface area contributed by atoms with Crippen molar-refractivity contribution in [2.45, 2.75) is 39.7 Å². The molecule has 0 radical (unpaired) electrons. The lowest BCUT2D eigenvalue weighted by Crippen LogP contribution is -2.60. The second-order valence-electron chi connectivity index (χ2n) is 6.41. The molecule has 1 aromatic rings. The van der Waals surface area contributed by atoms with E-state index in [0.29, 0.717) is 23.1 Å². The van der Waals surface area contributed by atoms with Crippen molar-refractivity contribution in [3.05, 3.63) is 16.6 Å². The minimum atomic E-state index is -0.00722. The Balaban J connectivity index is 1.67. The Morgan fingerprint density at radius 1 is 1.50 bits per heavy atom. The van der Waals surface area contributed by atoms with Crippen LogP contribution in [-0.4, -0.2) is 16.9 Å². The molecule has 4 rings (SSSR count). The summed E-state index contributed by atoms with van der Waals surface area (Å²) in [7, 11) is 0. The normalized spacial score (nSPS) is 36.8. The molecular formula is C14H20N2OS. The highest BCUT2D eigenvalue weighted by molar-refractivity contribution is 7.07. The maximum atomic E-state index is 12.0. The molecule has 18 heavy (non-hydrogen) atoms. The van der Waals surface area contributed by atoms with E-state index in [1.54, 1.807) is 5.51 Å². The molecule has 1 heterocycles. The van der Waals surface area contributed by atoms with Crippen LogP contribution >= 0.6 is 11.3 Å². The third kappa shape index (κ3) is 1.69. The highest BCUT2D eigenvalue weighted by atomic mass is 32.1. The van der Waals surface area contributed by atoms with Crippen molar-refractivity contribution in [3.8, 4) is 0 Å². The number of nitrogens with one attached hydrogen (secondary N) is 1. The molecule has 4 heteroatoms. The lowest BCUT2D eigenvalue weighted by Gasteiger charge is -2.62. The van der Waals surface area contributed by atoms with E-state index in [2.05, 4.69) is 31.1 Å². The summed E-state index contributed by atoms with van der Waals surface area (Å²) in [6.07, 6.45) is 2.47. The molecule has 98 valence electrons. The van der Waals surface area contributed by atoms with Crippen molar-refractivity contribution in [1.82, 2.24) is 10.3 Å². The molecule has 2 bridgehead atoms. The summed E-state index contributed by atoms with van der Waals surface area (Å²) in [6, 6.07) is 0.330. The van der Waals surface area contributed by atoms with Crippen molar-refractivity contribution < 1.29 is 4.79 Å². The first-order valence-electron chi connectivity index (χ1n) is 6.69. The van der Waals surface area contributed by atoms with Crippen LogP contribution in [0.15, 0.2) is 10.9 Å². The van der Waals surface area contributed by atoms with E-state index in [0.717, 1.165) is 18.3 Å². The zero-order chi connectivity index (χ0) is 12.9. The zero-order valence-corrected chi connectivity index (χ0v) is 12.0. The number of carbonyl (C=O) groups excluding carboxylic acids is 1. The highest BCUT2D eigenvalue weighted by Gasteiger charge is 2.56. The summed E-state index contributed by atoms with van der Waals surface area (Å²) in [4.78, 5) is 16.1. The van der Waals surface area contributed by atoms with E-state index in [-0.39, 0.29) is 5.91 Å². The predicted octanol–water partition coefficient (Wildman–Crippen LogP) is 2.94. The van der Waals surface area contributed by atoms with Gasteiger partial charge in [-0.3, -0.25) is 4.79 Å². The molecule has 3 saturated carbocycles. The van der Waals surface area contributed by atoms with Gasteiger partial charge >= 0.3 is 0 Å². The Labute approximate surface area is 112 Å². The summed E-state index contributed by atoms with van der Waals surface area (Å²) in [6.45, 7) is 7.04. The quantitative estimate of drug-likeness (QED) is 0.892. The molecule has 3 fully saturated rings. The summed E-state index contributed by atoms with van der Waals surface area (Å²) in [5.74, 6) is 2.11. The fraction of sp³-hybridized carbons (Fsp3) is 0.714. The van der Waals surface area contributed by atoms with Gasteiger partial charge in [-0.05, 0) is 36.0 Å². The molecule has 0 aromatic carbocycles. The summed E-state index contributed by atoms with van der Waals surface area (Å²) in [5, 5.41) is 4.99. The zero-order valence-electron chi connectivity index (χ0n) is 11.1. The molecule has 4 atom stereocenters. The molecule has 1 amide bonds. The number of amides is 1. The number of fused-ring (bicyclic) bond motifs is 2. The van der Waals surface area contributed by atoms with Gasteiger partial charge in [-0.15, -0.1) is 11.3 Å². The Morgan fingerprint density at radius 3 is 2.83 bits per heavy atom. The Morgan fingerprint density at radius 2 is 2.28 bits per heavy atom. The fourth-order valence-corrected chi connectivity index (χ4v) is 4.44. The lowest BCUT2D eigenvalue weighted by molar-refractivity contribution is -0.113. The minimum Gasteiger partial charge on any atom is -0.348 e. The molecule has 0 aliphatic heterocycles. The van der Waals surface area contributed by atoms with Gasteiger partial charge in [0.2, 0.25) is 0 Å². The Hall–Kier alpha value is -0.900. The van der Waals surface area contributed by atoms with Gasteiger partial charge in [-0.1, -0.05) is 20.8 Å². The van der Waals surface area contributed by atoms with Gasteiger partial charge < -0.3 is 5.32 Å². The highest BCUT2D eigenvalue weighted by Crippen LogP contribution is 2.61. The number of thiazole rings is 1. The molecule has 0 unspecified atom stereocenters. The van der Waals surface area contributed by atoms with Crippen molar-refractivity contribution in [1.29, 1.82) is 0 Å². The number of nitrogens with zero attached hydrogens (tertiary/aromatic N) is 1. The number of hydrogen-bond acceptors (Lipinski definition) is 3. The average molecular weight is 264 g/mol. The molecule has 1 N–H and O–H groups in total. The topological polar surface area (TPSA) is 42.0 Å². The fourth-order valence-electron chi connectivity index (χ4n) is 3.91. The van der Waals surface area contributed by atoms with Gasteiger partial charge in [-0.2, -0.15) is 0 Å². The molecule has 0 saturated heterocycles. The van der Waals surface area contributed by atoms with Gasteiger partial charge in [0.1, 0.15) is 5.69 Å². The van der Waals surface area contributed by atoms with E-state index >= 15 is 0 Å². The van der Waals surface area contributed by atoms with Crippen LogP contribution in [0.4, 0.5) is 0 Å². The molecule has 1 aromatic heterocycles. The van der Waals surface area contributed by atoms with Crippen LogP contribution in [0.1, 0.15) is 44.1 Å². The average Bonchev–Trinajstić information content (AvgIpc) is 2.84. The van der Waals surface area contributed by atoms with Crippen molar-refractivity contribution in [2.75, 3.05) is 0 Å².